The number of halogens is 1. The summed E-state index contributed by atoms with van der Waals surface area (Å²) in [5.41, 5.74) is 3.92. The van der Waals surface area contributed by atoms with E-state index in [1.165, 1.54) is 0 Å². The van der Waals surface area contributed by atoms with Crippen molar-refractivity contribution < 1.29 is 4.79 Å². The van der Waals surface area contributed by atoms with E-state index in [1.807, 2.05) is 65.3 Å². The van der Waals surface area contributed by atoms with E-state index in [-0.39, 0.29) is 11.4 Å². The van der Waals surface area contributed by atoms with E-state index in [0.29, 0.717) is 17.3 Å². The van der Waals surface area contributed by atoms with Crippen molar-refractivity contribution in [2.24, 2.45) is 0 Å². The maximum atomic E-state index is 12.6. The van der Waals surface area contributed by atoms with Crippen LogP contribution in [0, 0.1) is 0 Å². The Balaban J connectivity index is 1.56. The zero-order valence-corrected chi connectivity index (χ0v) is 18.4. The molecule has 2 aromatic carbocycles. The Morgan fingerprint density at radius 2 is 1.84 bits per heavy atom. The molecule has 0 bridgehead atoms. The number of urea groups is 1. The third-order valence-corrected chi connectivity index (χ3v) is 5.15. The maximum absolute atomic E-state index is 12.6. The summed E-state index contributed by atoms with van der Waals surface area (Å²) in [5, 5.41) is 12.2. The molecular formula is C24H24ClN5O. The lowest BCUT2D eigenvalue weighted by Crippen LogP contribution is -2.29. The number of para-hydroxylation sites is 1. The highest BCUT2D eigenvalue weighted by atomic mass is 35.5. The molecule has 6 nitrogen and oxygen atoms in total. The highest BCUT2D eigenvalue weighted by Crippen LogP contribution is 2.25. The standard InChI is InChI=1S/C24H24ClN5O/c1-24(2,3)21-14-19(30(29-21)18-10-5-9-17(25)13-18)15-27-23(31)28-20-11-4-7-16-8-6-12-26-22(16)20/h4-14H,15H2,1-3H3,(H2,27,28,31). The van der Waals surface area contributed by atoms with Crippen LogP contribution in [0.2, 0.25) is 5.02 Å². The minimum Gasteiger partial charge on any atom is -0.332 e. The quantitative estimate of drug-likeness (QED) is 0.434. The normalized spacial score (nSPS) is 11.5. The molecule has 0 radical (unpaired) electrons. The number of carbonyl (C=O) groups is 1. The van der Waals surface area contributed by atoms with E-state index >= 15 is 0 Å². The van der Waals surface area contributed by atoms with Crippen LogP contribution in [-0.4, -0.2) is 20.8 Å². The van der Waals surface area contributed by atoms with Crippen LogP contribution in [0.15, 0.2) is 66.9 Å². The van der Waals surface area contributed by atoms with Gasteiger partial charge in [0.05, 0.1) is 34.8 Å². The van der Waals surface area contributed by atoms with E-state index in [2.05, 4.69) is 36.4 Å². The molecule has 2 N–H and O–H groups in total. The Labute approximate surface area is 186 Å². The number of carbonyl (C=O) groups excluding carboxylic acids is 1. The van der Waals surface area contributed by atoms with Crippen molar-refractivity contribution in [2.75, 3.05) is 5.32 Å². The van der Waals surface area contributed by atoms with Crippen molar-refractivity contribution in [1.29, 1.82) is 0 Å². The van der Waals surface area contributed by atoms with Crippen LogP contribution in [0.5, 0.6) is 0 Å². The summed E-state index contributed by atoms with van der Waals surface area (Å²) in [6.07, 6.45) is 1.71. The van der Waals surface area contributed by atoms with Crippen molar-refractivity contribution in [1.82, 2.24) is 20.1 Å². The van der Waals surface area contributed by atoms with Crippen molar-refractivity contribution in [2.45, 2.75) is 32.7 Å². The zero-order valence-electron chi connectivity index (χ0n) is 17.7. The van der Waals surface area contributed by atoms with E-state index in [9.17, 15) is 4.79 Å². The largest absolute Gasteiger partial charge is 0.332 e. The van der Waals surface area contributed by atoms with Gasteiger partial charge in [-0.2, -0.15) is 5.10 Å². The van der Waals surface area contributed by atoms with Gasteiger partial charge in [-0.25, -0.2) is 9.48 Å². The van der Waals surface area contributed by atoms with Gasteiger partial charge in [0.1, 0.15) is 0 Å². The monoisotopic (exact) mass is 433 g/mol. The van der Waals surface area contributed by atoms with E-state index < -0.39 is 0 Å². The number of rotatable bonds is 4. The minimum absolute atomic E-state index is 0.130. The van der Waals surface area contributed by atoms with Gasteiger partial charge in [-0.15, -0.1) is 0 Å². The Bertz CT molecular complexity index is 1240. The first-order valence-electron chi connectivity index (χ1n) is 10.1. The fraction of sp³-hybridized carbons (Fsp3) is 0.208. The second-order valence-corrected chi connectivity index (χ2v) is 8.79. The Hall–Kier alpha value is -3.38. The molecule has 0 saturated carbocycles. The SMILES string of the molecule is CC(C)(C)c1cc(CNC(=O)Nc2cccc3cccnc23)n(-c2cccc(Cl)c2)n1. The second-order valence-electron chi connectivity index (χ2n) is 8.35. The third-order valence-electron chi connectivity index (χ3n) is 4.92. The number of nitrogens with one attached hydrogen (secondary N) is 2. The highest BCUT2D eigenvalue weighted by molar-refractivity contribution is 6.30. The number of hydrogen-bond acceptors (Lipinski definition) is 3. The number of amides is 2. The molecule has 2 amide bonds. The van der Waals surface area contributed by atoms with Gasteiger partial charge in [-0.3, -0.25) is 4.98 Å². The molecule has 2 heterocycles. The van der Waals surface area contributed by atoms with Crippen molar-refractivity contribution in [3.8, 4) is 5.69 Å². The van der Waals surface area contributed by atoms with Crippen LogP contribution in [0.4, 0.5) is 10.5 Å². The molecule has 4 rings (SSSR count). The molecule has 31 heavy (non-hydrogen) atoms. The number of aromatic nitrogens is 3. The molecule has 0 spiro atoms. The summed E-state index contributed by atoms with van der Waals surface area (Å²) in [5.74, 6) is 0. The van der Waals surface area contributed by atoms with Crippen molar-refractivity contribution >= 4 is 34.2 Å². The van der Waals surface area contributed by atoms with Gasteiger partial charge in [0.2, 0.25) is 0 Å². The molecule has 158 valence electrons. The average molecular weight is 434 g/mol. The highest BCUT2D eigenvalue weighted by Gasteiger charge is 2.21. The topological polar surface area (TPSA) is 71.8 Å². The summed E-state index contributed by atoms with van der Waals surface area (Å²) >= 11 is 6.18. The molecule has 0 aliphatic rings. The summed E-state index contributed by atoms with van der Waals surface area (Å²) in [6, 6.07) is 18.7. The van der Waals surface area contributed by atoms with Crippen LogP contribution in [0.1, 0.15) is 32.2 Å². The smallest absolute Gasteiger partial charge is 0.319 e. The Kier molecular flexibility index (Phi) is 5.65. The number of anilines is 1. The van der Waals surface area contributed by atoms with Gasteiger partial charge in [-0.05, 0) is 36.4 Å². The number of hydrogen-bond donors (Lipinski definition) is 2. The minimum atomic E-state index is -0.311. The molecule has 0 aliphatic carbocycles. The number of nitrogens with zero attached hydrogens (tertiary/aromatic N) is 3. The van der Waals surface area contributed by atoms with Crippen LogP contribution in [-0.2, 0) is 12.0 Å². The van der Waals surface area contributed by atoms with E-state index in [0.717, 1.165) is 28.0 Å². The van der Waals surface area contributed by atoms with Gasteiger partial charge >= 0.3 is 6.03 Å². The molecule has 2 aromatic heterocycles. The maximum Gasteiger partial charge on any atom is 0.319 e. The molecule has 4 aromatic rings. The molecule has 0 aliphatic heterocycles. The predicted octanol–water partition coefficient (Wildman–Crippen LogP) is 5.69. The summed E-state index contributed by atoms with van der Waals surface area (Å²) in [4.78, 5) is 17.0. The third kappa shape index (κ3) is 4.70. The van der Waals surface area contributed by atoms with Crippen molar-refractivity contribution in [3.05, 3.63) is 83.3 Å². The first kappa shape index (κ1) is 20.9. The molecule has 0 atom stereocenters. The van der Waals surface area contributed by atoms with Gasteiger partial charge in [0.25, 0.3) is 0 Å². The van der Waals surface area contributed by atoms with Gasteiger partial charge in [0.15, 0.2) is 0 Å². The number of pyridine rings is 1. The number of fused-ring (bicyclic) bond motifs is 1. The Morgan fingerprint density at radius 1 is 1.06 bits per heavy atom. The summed E-state index contributed by atoms with van der Waals surface area (Å²) in [7, 11) is 0. The first-order chi connectivity index (χ1) is 14.8. The predicted molar refractivity (Wildman–Crippen MR) is 125 cm³/mol. The second kappa shape index (κ2) is 8.40. The molecular weight excluding hydrogens is 410 g/mol. The van der Waals surface area contributed by atoms with Crippen molar-refractivity contribution in [3.63, 3.8) is 0 Å². The molecule has 0 fully saturated rings. The Morgan fingerprint density at radius 3 is 2.61 bits per heavy atom. The summed E-state index contributed by atoms with van der Waals surface area (Å²) in [6.45, 7) is 6.62. The lowest BCUT2D eigenvalue weighted by atomic mass is 9.92. The lowest BCUT2D eigenvalue weighted by molar-refractivity contribution is 0.251. The first-order valence-corrected chi connectivity index (χ1v) is 10.4. The van der Waals surface area contributed by atoms with Crippen LogP contribution in [0.25, 0.3) is 16.6 Å². The molecule has 0 saturated heterocycles. The average Bonchev–Trinajstić information content (AvgIpc) is 3.17. The van der Waals surface area contributed by atoms with E-state index in [4.69, 9.17) is 16.7 Å². The fourth-order valence-corrected chi connectivity index (χ4v) is 3.47. The zero-order chi connectivity index (χ0) is 22.0. The molecule has 0 unspecified atom stereocenters. The number of benzene rings is 2. The van der Waals surface area contributed by atoms with Crippen LogP contribution in [0.3, 0.4) is 0 Å². The lowest BCUT2D eigenvalue weighted by Gasteiger charge is -2.14. The van der Waals surface area contributed by atoms with E-state index in [1.54, 1.807) is 6.20 Å². The molecule has 7 heteroatoms. The van der Waals surface area contributed by atoms with Crippen LogP contribution >= 0.6 is 11.6 Å². The fourth-order valence-electron chi connectivity index (χ4n) is 3.29. The summed E-state index contributed by atoms with van der Waals surface area (Å²) < 4.78 is 1.83. The van der Waals surface area contributed by atoms with Gasteiger partial charge in [0, 0.05) is 22.0 Å². The van der Waals surface area contributed by atoms with Gasteiger partial charge < -0.3 is 10.6 Å². The van der Waals surface area contributed by atoms with Crippen LogP contribution < -0.4 is 10.6 Å². The van der Waals surface area contributed by atoms with Gasteiger partial charge in [-0.1, -0.05) is 56.6 Å².